The van der Waals surface area contributed by atoms with Crippen molar-refractivity contribution in [3.05, 3.63) is 45.9 Å². The second-order valence-electron chi connectivity index (χ2n) is 4.78. The molecule has 6 nitrogen and oxygen atoms in total. The third-order valence-electron chi connectivity index (χ3n) is 2.99. The molecule has 1 amide bonds. The average Bonchev–Trinajstić information content (AvgIpc) is 3.00. The Morgan fingerprint density at radius 2 is 2.24 bits per heavy atom. The Hall–Kier alpha value is -2.69. The number of rotatable bonds is 5. The maximum absolute atomic E-state index is 12.0. The maximum Gasteiger partial charge on any atom is 0.348 e. The summed E-state index contributed by atoms with van der Waals surface area (Å²) >= 11 is 7.20. The number of aromatic nitrogens is 1. The van der Waals surface area contributed by atoms with Crippen LogP contribution in [0.4, 0.5) is 10.8 Å². The Bertz CT molecular complexity index is 870. The summed E-state index contributed by atoms with van der Waals surface area (Å²) in [7, 11) is 0. The van der Waals surface area contributed by atoms with Crippen molar-refractivity contribution in [3.63, 3.8) is 0 Å². The molecule has 0 aliphatic carbocycles. The van der Waals surface area contributed by atoms with Gasteiger partial charge < -0.3 is 4.74 Å². The van der Waals surface area contributed by atoms with Gasteiger partial charge in [0, 0.05) is 17.3 Å². The summed E-state index contributed by atoms with van der Waals surface area (Å²) in [4.78, 5) is 29.4. The molecule has 0 saturated carbocycles. The first-order valence-electron chi connectivity index (χ1n) is 7.27. The number of anilines is 2. The van der Waals surface area contributed by atoms with Gasteiger partial charge in [-0.15, -0.1) is 11.3 Å². The lowest BCUT2D eigenvalue weighted by Gasteiger charge is -2.18. The number of thiazole rings is 1. The highest BCUT2D eigenvalue weighted by Crippen LogP contribution is 2.30. The molecule has 0 N–H and O–H groups in total. The summed E-state index contributed by atoms with van der Waals surface area (Å²) in [6.45, 7) is 3.24. The van der Waals surface area contributed by atoms with Crippen LogP contribution in [-0.2, 0) is 14.3 Å². The Balaban J connectivity index is 2.36. The molecular formula is C17H14ClN3O3S. The molecule has 25 heavy (non-hydrogen) atoms. The van der Waals surface area contributed by atoms with E-state index in [-0.39, 0.29) is 18.1 Å². The minimum atomic E-state index is -0.710. The molecule has 0 spiro atoms. The van der Waals surface area contributed by atoms with Crippen LogP contribution >= 0.6 is 22.9 Å². The lowest BCUT2D eigenvalue weighted by Crippen LogP contribution is -2.22. The molecule has 0 fully saturated rings. The third kappa shape index (κ3) is 4.66. The first-order chi connectivity index (χ1) is 12.0. The number of benzene rings is 1. The van der Waals surface area contributed by atoms with Gasteiger partial charge >= 0.3 is 5.97 Å². The molecule has 0 radical (unpaired) electrons. The predicted molar refractivity (Wildman–Crippen MR) is 96.6 cm³/mol. The summed E-state index contributed by atoms with van der Waals surface area (Å²) in [5, 5.41) is 11.6. The fourth-order valence-electron chi connectivity index (χ4n) is 1.98. The zero-order chi connectivity index (χ0) is 18.4. The van der Waals surface area contributed by atoms with E-state index in [0.717, 1.165) is 0 Å². The Morgan fingerprint density at radius 3 is 2.84 bits per heavy atom. The van der Waals surface area contributed by atoms with Crippen molar-refractivity contribution >= 4 is 51.7 Å². The summed E-state index contributed by atoms with van der Waals surface area (Å²) < 4.78 is 4.81. The summed E-state index contributed by atoms with van der Waals surface area (Å²) in [6, 6.07) is 8.62. The standard InChI is InChI=1S/C17H14ClN3O3S/c1-3-24-16(23)12(9-19)7-14-10-25-17(20-14)21(11(2)22)15-6-4-5-13(18)8-15/h4-8,10H,3H2,1-2H3. The Morgan fingerprint density at radius 1 is 1.48 bits per heavy atom. The lowest BCUT2D eigenvalue weighted by molar-refractivity contribution is -0.137. The molecule has 0 aliphatic heterocycles. The van der Waals surface area contributed by atoms with Crippen molar-refractivity contribution in [1.29, 1.82) is 5.26 Å². The average molecular weight is 376 g/mol. The quantitative estimate of drug-likeness (QED) is 0.449. The number of esters is 1. The molecule has 1 heterocycles. The highest BCUT2D eigenvalue weighted by Gasteiger charge is 2.18. The van der Waals surface area contributed by atoms with Crippen molar-refractivity contribution in [3.8, 4) is 6.07 Å². The number of nitriles is 1. The number of hydrogen-bond donors (Lipinski definition) is 0. The first-order valence-corrected chi connectivity index (χ1v) is 8.52. The summed E-state index contributed by atoms with van der Waals surface area (Å²) in [5.74, 6) is -0.948. The van der Waals surface area contributed by atoms with Crippen LogP contribution in [0, 0.1) is 11.3 Å². The van der Waals surface area contributed by atoms with E-state index in [1.165, 1.54) is 29.2 Å². The van der Waals surface area contributed by atoms with E-state index in [0.29, 0.717) is 21.5 Å². The van der Waals surface area contributed by atoms with Crippen LogP contribution in [0.15, 0.2) is 35.2 Å². The van der Waals surface area contributed by atoms with Crippen LogP contribution in [-0.4, -0.2) is 23.5 Å². The number of hydrogen-bond acceptors (Lipinski definition) is 6. The lowest BCUT2D eigenvalue weighted by atomic mass is 10.2. The molecule has 1 aromatic carbocycles. The molecule has 0 aliphatic rings. The van der Waals surface area contributed by atoms with E-state index in [2.05, 4.69) is 4.98 Å². The van der Waals surface area contributed by atoms with Gasteiger partial charge in [0.15, 0.2) is 5.13 Å². The molecule has 0 bridgehead atoms. The van der Waals surface area contributed by atoms with Gasteiger partial charge in [0.2, 0.25) is 5.91 Å². The van der Waals surface area contributed by atoms with Gasteiger partial charge in [-0.2, -0.15) is 5.26 Å². The van der Waals surface area contributed by atoms with E-state index in [4.69, 9.17) is 21.6 Å². The Labute approximate surface area is 153 Å². The van der Waals surface area contributed by atoms with Crippen molar-refractivity contribution in [1.82, 2.24) is 4.98 Å². The maximum atomic E-state index is 12.0. The smallest absolute Gasteiger partial charge is 0.348 e. The number of nitrogens with zero attached hydrogens (tertiary/aromatic N) is 3. The topological polar surface area (TPSA) is 83.3 Å². The molecular weight excluding hydrogens is 362 g/mol. The second kappa shape index (κ2) is 8.42. The van der Waals surface area contributed by atoms with Gasteiger partial charge in [-0.1, -0.05) is 17.7 Å². The molecule has 0 atom stereocenters. The van der Waals surface area contributed by atoms with E-state index in [1.54, 1.807) is 42.6 Å². The van der Waals surface area contributed by atoms with Gasteiger partial charge in [0.1, 0.15) is 11.6 Å². The van der Waals surface area contributed by atoms with Gasteiger partial charge in [-0.25, -0.2) is 9.78 Å². The normalized spacial score (nSPS) is 10.9. The largest absolute Gasteiger partial charge is 0.462 e. The highest BCUT2D eigenvalue weighted by molar-refractivity contribution is 7.14. The van der Waals surface area contributed by atoms with Gasteiger partial charge in [-0.05, 0) is 31.2 Å². The number of carbonyl (C=O) groups excluding carboxylic acids is 2. The fraction of sp³-hybridized carbons (Fsp3) is 0.176. The fourth-order valence-corrected chi connectivity index (χ4v) is 3.01. The summed E-state index contributed by atoms with van der Waals surface area (Å²) in [5.41, 5.74) is 0.810. The third-order valence-corrected chi connectivity index (χ3v) is 4.07. The number of halogens is 1. The first kappa shape index (κ1) is 18.6. The molecule has 8 heteroatoms. The second-order valence-corrected chi connectivity index (χ2v) is 6.05. The van der Waals surface area contributed by atoms with Crippen LogP contribution in [0.3, 0.4) is 0 Å². The monoisotopic (exact) mass is 375 g/mol. The van der Waals surface area contributed by atoms with Gasteiger partial charge in [0.05, 0.1) is 18.0 Å². The minimum absolute atomic E-state index is 0.157. The van der Waals surface area contributed by atoms with Crippen molar-refractivity contribution in [2.75, 3.05) is 11.5 Å². The predicted octanol–water partition coefficient (Wildman–Crippen LogP) is 3.95. The Kier molecular flexibility index (Phi) is 6.28. The van der Waals surface area contributed by atoms with Crippen molar-refractivity contribution in [2.45, 2.75) is 13.8 Å². The molecule has 2 rings (SSSR count). The van der Waals surface area contributed by atoms with Gasteiger partial charge in [-0.3, -0.25) is 9.69 Å². The molecule has 2 aromatic rings. The number of carbonyl (C=O) groups is 2. The zero-order valence-electron chi connectivity index (χ0n) is 13.5. The van der Waals surface area contributed by atoms with Crippen LogP contribution in [0.1, 0.15) is 19.5 Å². The van der Waals surface area contributed by atoms with Crippen LogP contribution in [0.5, 0.6) is 0 Å². The highest BCUT2D eigenvalue weighted by atomic mass is 35.5. The number of amides is 1. The van der Waals surface area contributed by atoms with Crippen LogP contribution in [0.25, 0.3) is 6.08 Å². The van der Waals surface area contributed by atoms with Crippen molar-refractivity contribution in [2.24, 2.45) is 0 Å². The zero-order valence-corrected chi connectivity index (χ0v) is 15.1. The molecule has 0 unspecified atom stereocenters. The minimum Gasteiger partial charge on any atom is -0.462 e. The van der Waals surface area contributed by atoms with Crippen molar-refractivity contribution < 1.29 is 14.3 Å². The van der Waals surface area contributed by atoms with Crippen LogP contribution < -0.4 is 4.90 Å². The van der Waals surface area contributed by atoms with Crippen LogP contribution in [0.2, 0.25) is 5.02 Å². The van der Waals surface area contributed by atoms with Gasteiger partial charge in [0.25, 0.3) is 0 Å². The molecule has 1 aromatic heterocycles. The van der Waals surface area contributed by atoms with E-state index in [9.17, 15) is 9.59 Å². The van der Waals surface area contributed by atoms with E-state index in [1.807, 2.05) is 0 Å². The molecule has 0 saturated heterocycles. The van der Waals surface area contributed by atoms with E-state index >= 15 is 0 Å². The molecule has 128 valence electrons. The van der Waals surface area contributed by atoms with E-state index < -0.39 is 5.97 Å². The number of ether oxygens (including phenoxy) is 1. The summed E-state index contributed by atoms with van der Waals surface area (Å²) in [6.07, 6.45) is 1.33. The SMILES string of the molecule is CCOC(=O)C(C#N)=Cc1csc(N(C(C)=O)c2cccc(Cl)c2)n1.